The highest BCUT2D eigenvalue weighted by Crippen LogP contribution is 2.30. The fourth-order valence-corrected chi connectivity index (χ4v) is 3.33. The topological polar surface area (TPSA) is 68.8 Å². The van der Waals surface area contributed by atoms with Crippen LogP contribution in [0.2, 0.25) is 5.28 Å². The number of aryl methyl sites for hydroxylation is 1. The molecule has 0 bridgehead atoms. The lowest BCUT2D eigenvalue weighted by Gasteiger charge is -2.10. The van der Waals surface area contributed by atoms with Crippen LogP contribution in [0.4, 0.5) is 14.6 Å². The van der Waals surface area contributed by atoms with Crippen molar-refractivity contribution in [3.05, 3.63) is 65.1 Å². The molecule has 1 unspecified atom stereocenters. The Morgan fingerprint density at radius 3 is 2.30 bits per heavy atom. The van der Waals surface area contributed by atoms with E-state index in [-0.39, 0.29) is 10.8 Å². The van der Waals surface area contributed by atoms with Gasteiger partial charge < -0.3 is 11.1 Å². The zero-order valence-corrected chi connectivity index (χ0v) is 20.9. The van der Waals surface area contributed by atoms with E-state index in [4.69, 9.17) is 17.3 Å². The van der Waals surface area contributed by atoms with Crippen molar-refractivity contribution in [2.24, 2.45) is 5.73 Å². The molecule has 8 heteroatoms. The molecule has 5 nitrogen and oxygen atoms in total. The summed E-state index contributed by atoms with van der Waals surface area (Å²) in [6, 6.07) is 10.0. The van der Waals surface area contributed by atoms with Crippen molar-refractivity contribution in [3.63, 3.8) is 0 Å². The van der Waals surface area contributed by atoms with Gasteiger partial charge in [-0.3, -0.25) is 4.57 Å². The van der Waals surface area contributed by atoms with Gasteiger partial charge in [0.1, 0.15) is 5.52 Å². The van der Waals surface area contributed by atoms with Gasteiger partial charge in [-0.25, -0.2) is 4.98 Å². The summed E-state index contributed by atoms with van der Waals surface area (Å²) in [5.74, 6) is 0.298. The summed E-state index contributed by atoms with van der Waals surface area (Å²) in [5.41, 5.74) is 7.91. The highest BCUT2D eigenvalue weighted by Gasteiger charge is 2.19. The number of hydrogen-bond donors (Lipinski definition) is 2. The second-order valence-corrected chi connectivity index (χ2v) is 7.26. The molecule has 33 heavy (non-hydrogen) atoms. The highest BCUT2D eigenvalue weighted by atomic mass is 35.5. The van der Waals surface area contributed by atoms with Crippen molar-refractivity contribution in [1.82, 2.24) is 14.5 Å². The van der Waals surface area contributed by atoms with Gasteiger partial charge in [-0.1, -0.05) is 70.2 Å². The zero-order valence-electron chi connectivity index (χ0n) is 20.2. The van der Waals surface area contributed by atoms with Gasteiger partial charge in [0.2, 0.25) is 5.28 Å². The number of nitrogens with zero attached hydrogens (tertiary/aromatic N) is 3. The third-order valence-corrected chi connectivity index (χ3v) is 4.81. The number of halogens is 3. The van der Waals surface area contributed by atoms with E-state index >= 15 is 0 Å². The average molecular weight is 480 g/mol. The Labute approximate surface area is 201 Å². The molecule has 1 aliphatic carbocycles. The average Bonchev–Trinajstić information content (AvgIpc) is 3.18. The van der Waals surface area contributed by atoms with Gasteiger partial charge in [0.15, 0.2) is 5.82 Å². The van der Waals surface area contributed by atoms with Crippen LogP contribution in [0.25, 0.3) is 11.0 Å². The molecule has 0 spiro atoms. The Kier molecular flexibility index (Phi) is 13.3. The summed E-state index contributed by atoms with van der Waals surface area (Å²) in [6.07, 6.45) is 9.16. The van der Waals surface area contributed by atoms with E-state index in [2.05, 4.69) is 27.4 Å². The van der Waals surface area contributed by atoms with Crippen molar-refractivity contribution in [2.45, 2.75) is 73.0 Å². The van der Waals surface area contributed by atoms with E-state index in [0.29, 0.717) is 29.5 Å². The minimum absolute atomic E-state index is 0.0261. The Bertz CT molecular complexity index is 974. The fourth-order valence-electron chi connectivity index (χ4n) is 3.16. The molecule has 0 saturated carbocycles. The van der Waals surface area contributed by atoms with Gasteiger partial charge in [-0.2, -0.15) is 13.8 Å². The molecule has 0 radical (unpaired) electrons. The first-order valence-corrected chi connectivity index (χ1v) is 11.8. The molecule has 3 N–H and O–H groups in total. The molecular formula is C25H36ClF2N5. The van der Waals surface area contributed by atoms with Crippen LogP contribution in [-0.4, -0.2) is 20.6 Å². The van der Waals surface area contributed by atoms with E-state index in [0.717, 1.165) is 16.6 Å². The first kappa shape index (κ1) is 28.5. The molecule has 4 rings (SSSR count). The van der Waals surface area contributed by atoms with E-state index in [1.54, 1.807) is 6.92 Å². The molecule has 1 aliphatic rings. The van der Waals surface area contributed by atoms with Gasteiger partial charge in [-0.15, -0.1) is 0 Å². The Morgan fingerprint density at radius 1 is 1.12 bits per heavy atom. The lowest BCUT2D eigenvalue weighted by atomic mass is 10.0. The van der Waals surface area contributed by atoms with Crippen molar-refractivity contribution in [1.29, 1.82) is 0 Å². The quantitative estimate of drug-likeness (QED) is 0.300. The number of anilines is 1. The Balaban J connectivity index is 0.000000415. The molecule has 2 aromatic heterocycles. The van der Waals surface area contributed by atoms with Crippen LogP contribution in [0.15, 0.2) is 48.7 Å². The van der Waals surface area contributed by atoms with Crippen LogP contribution in [0.5, 0.6) is 0 Å². The number of benzene rings is 1. The first-order valence-electron chi connectivity index (χ1n) is 11.5. The third-order valence-electron chi connectivity index (χ3n) is 4.64. The normalized spacial score (nSPS) is 14.4. The number of aromatic nitrogens is 3. The maximum Gasteiger partial charge on any atom is 0.319 e. The summed E-state index contributed by atoms with van der Waals surface area (Å²) >= 11 is 5.91. The fraction of sp³-hybridized carbons (Fsp3) is 0.440. The van der Waals surface area contributed by atoms with E-state index < -0.39 is 6.55 Å². The summed E-state index contributed by atoms with van der Waals surface area (Å²) < 4.78 is 27.3. The van der Waals surface area contributed by atoms with Crippen LogP contribution in [-0.2, 0) is 6.54 Å². The minimum Gasteiger partial charge on any atom is -0.364 e. The predicted molar refractivity (Wildman–Crippen MR) is 136 cm³/mol. The molecular weight excluding hydrogens is 444 g/mol. The number of rotatable bonds is 4. The maximum absolute atomic E-state index is 13.2. The Morgan fingerprint density at radius 2 is 1.79 bits per heavy atom. The molecule has 0 saturated heterocycles. The first-order chi connectivity index (χ1) is 16.0. The molecule has 0 fully saturated rings. The van der Waals surface area contributed by atoms with Crippen LogP contribution in [0.3, 0.4) is 0 Å². The number of nitrogens with one attached hydrogen (secondary N) is 1. The zero-order chi connectivity index (χ0) is 24.8. The number of hydrogen-bond acceptors (Lipinski definition) is 4. The smallest absolute Gasteiger partial charge is 0.319 e. The number of allylic oxidation sites excluding steroid dienone is 1. The van der Waals surface area contributed by atoms with Crippen molar-refractivity contribution >= 4 is 28.5 Å². The summed E-state index contributed by atoms with van der Waals surface area (Å²) in [7, 11) is 0. The van der Waals surface area contributed by atoms with Crippen molar-refractivity contribution in [2.75, 3.05) is 5.32 Å². The van der Waals surface area contributed by atoms with Gasteiger partial charge in [0.05, 0.1) is 5.52 Å². The number of alkyl halides is 2. The van der Waals surface area contributed by atoms with Gasteiger partial charge in [-0.05, 0) is 48.9 Å². The van der Waals surface area contributed by atoms with Crippen molar-refractivity contribution in [3.8, 4) is 0 Å². The second kappa shape index (κ2) is 15.3. The number of fused-ring (bicyclic) bond motifs is 1. The lowest BCUT2D eigenvalue weighted by Crippen LogP contribution is -2.19. The summed E-state index contributed by atoms with van der Waals surface area (Å²) in [5, 5.41) is 3.09. The molecule has 0 aliphatic heterocycles. The number of nitrogens with two attached hydrogens (primary N) is 1. The van der Waals surface area contributed by atoms with Crippen LogP contribution in [0.1, 0.15) is 64.6 Å². The van der Waals surface area contributed by atoms with Crippen LogP contribution >= 0.6 is 11.6 Å². The SMILES string of the molecule is CC.CC.Cc1cn(C(F)F)c2c(NCc3ccccc3)nc(Cl)nc12.NC1CC=CCC1. The predicted octanol–water partition coefficient (Wildman–Crippen LogP) is 7.51. The van der Waals surface area contributed by atoms with E-state index in [1.807, 2.05) is 58.0 Å². The van der Waals surface area contributed by atoms with Gasteiger partial charge in [0, 0.05) is 18.8 Å². The standard InChI is InChI=1S/C15H13ClF2N4.C6H11N.2C2H6/c1-9-8-22(15(17)18)12-11(9)20-14(16)21-13(12)19-7-10-5-3-2-4-6-10;7-6-4-2-1-3-5-6;2*1-2/h2-6,8,15H,7H2,1H3,(H,19,20,21);1-2,6H,3-5,7H2;2*1-2H3. The lowest BCUT2D eigenvalue weighted by molar-refractivity contribution is 0.0751. The molecule has 182 valence electrons. The van der Waals surface area contributed by atoms with Crippen LogP contribution in [0, 0.1) is 6.92 Å². The largest absolute Gasteiger partial charge is 0.364 e. The van der Waals surface area contributed by atoms with Crippen molar-refractivity contribution < 1.29 is 8.78 Å². The van der Waals surface area contributed by atoms with E-state index in [1.165, 1.54) is 19.0 Å². The highest BCUT2D eigenvalue weighted by molar-refractivity contribution is 6.28. The molecule has 2 heterocycles. The Hall–Kier alpha value is -2.51. The van der Waals surface area contributed by atoms with Gasteiger partial charge >= 0.3 is 6.55 Å². The molecule has 1 atom stereocenters. The van der Waals surface area contributed by atoms with Crippen LogP contribution < -0.4 is 11.1 Å². The second-order valence-electron chi connectivity index (χ2n) is 6.92. The monoisotopic (exact) mass is 479 g/mol. The third kappa shape index (κ3) is 8.74. The minimum atomic E-state index is -2.67. The van der Waals surface area contributed by atoms with E-state index in [9.17, 15) is 8.78 Å². The summed E-state index contributed by atoms with van der Waals surface area (Å²) in [4.78, 5) is 8.12. The molecule has 1 aromatic carbocycles. The maximum atomic E-state index is 13.2. The summed E-state index contributed by atoms with van der Waals surface area (Å²) in [6.45, 7) is 7.50. The molecule has 3 aromatic rings. The van der Waals surface area contributed by atoms with Gasteiger partial charge in [0.25, 0.3) is 0 Å². The molecule has 0 amide bonds.